The molecule has 3 aromatic rings. The SMILES string of the molecule is Clc1ccc2c(CCN3CCN(C4OCOc5ccccc54)CC3)c[nH]c2c1. The number of para-hydroxylation sites is 1. The van der Waals surface area contributed by atoms with E-state index >= 15 is 0 Å². The number of hydrogen-bond donors (Lipinski definition) is 1. The minimum atomic E-state index is 0.00506. The predicted molar refractivity (Wildman–Crippen MR) is 111 cm³/mol. The number of aromatic amines is 1. The fraction of sp³-hybridized carbons (Fsp3) is 0.364. The van der Waals surface area contributed by atoms with E-state index in [1.807, 2.05) is 24.3 Å². The van der Waals surface area contributed by atoms with Crippen LogP contribution < -0.4 is 4.74 Å². The average Bonchev–Trinajstić information content (AvgIpc) is 3.14. The van der Waals surface area contributed by atoms with Gasteiger partial charge < -0.3 is 19.4 Å². The van der Waals surface area contributed by atoms with Crippen LogP contribution in [0, 0.1) is 0 Å². The van der Waals surface area contributed by atoms with Gasteiger partial charge in [0.05, 0.1) is 0 Å². The van der Waals surface area contributed by atoms with Gasteiger partial charge in [-0.2, -0.15) is 0 Å². The highest BCUT2D eigenvalue weighted by Crippen LogP contribution is 2.34. The maximum absolute atomic E-state index is 6.09. The van der Waals surface area contributed by atoms with Crippen LogP contribution in [-0.4, -0.2) is 54.3 Å². The van der Waals surface area contributed by atoms with Gasteiger partial charge >= 0.3 is 0 Å². The first kappa shape index (κ1) is 18.0. The predicted octanol–water partition coefficient (Wildman–Crippen LogP) is 4.05. The molecular weight excluding hydrogens is 374 g/mol. The first-order valence-electron chi connectivity index (χ1n) is 9.83. The molecule has 6 heteroatoms. The van der Waals surface area contributed by atoms with Crippen molar-refractivity contribution in [1.29, 1.82) is 0 Å². The van der Waals surface area contributed by atoms with Gasteiger partial charge in [0, 0.05) is 60.4 Å². The second-order valence-corrected chi connectivity index (χ2v) is 7.89. The zero-order chi connectivity index (χ0) is 18.9. The van der Waals surface area contributed by atoms with Crippen molar-refractivity contribution in [3.05, 3.63) is 64.8 Å². The van der Waals surface area contributed by atoms with Crippen molar-refractivity contribution < 1.29 is 9.47 Å². The lowest BCUT2D eigenvalue weighted by Crippen LogP contribution is -2.49. The topological polar surface area (TPSA) is 40.7 Å². The van der Waals surface area contributed by atoms with E-state index in [9.17, 15) is 0 Å². The highest BCUT2D eigenvalue weighted by molar-refractivity contribution is 6.31. The Morgan fingerprint density at radius 3 is 2.82 bits per heavy atom. The number of nitrogens with one attached hydrogen (secondary N) is 1. The zero-order valence-electron chi connectivity index (χ0n) is 15.7. The molecule has 1 fully saturated rings. The van der Waals surface area contributed by atoms with Gasteiger partial charge in [-0.25, -0.2) is 0 Å². The van der Waals surface area contributed by atoms with E-state index in [2.05, 4.69) is 39.2 Å². The number of ether oxygens (including phenoxy) is 2. The summed E-state index contributed by atoms with van der Waals surface area (Å²) in [6, 6.07) is 14.3. The summed E-state index contributed by atoms with van der Waals surface area (Å²) in [5, 5.41) is 2.05. The van der Waals surface area contributed by atoms with Crippen molar-refractivity contribution in [1.82, 2.24) is 14.8 Å². The molecule has 3 heterocycles. The molecule has 2 aromatic carbocycles. The number of rotatable bonds is 4. The third-order valence-corrected chi connectivity index (χ3v) is 6.03. The molecule has 2 aliphatic heterocycles. The molecule has 5 nitrogen and oxygen atoms in total. The van der Waals surface area contributed by atoms with Crippen LogP contribution in [0.2, 0.25) is 5.02 Å². The van der Waals surface area contributed by atoms with Crippen LogP contribution in [0.15, 0.2) is 48.7 Å². The summed E-state index contributed by atoms with van der Waals surface area (Å²) in [7, 11) is 0. The second kappa shape index (κ2) is 7.76. The van der Waals surface area contributed by atoms with E-state index < -0.39 is 0 Å². The summed E-state index contributed by atoms with van der Waals surface area (Å²) in [6.45, 7) is 5.50. The molecule has 0 saturated carbocycles. The number of nitrogens with zero attached hydrogens (tertiary/aromatic N) is 2. The van der Waals surface area contributed by atoms with Crippen LogP contribution in [0.4, 0.5) is 0 Å². The van der Waals surface area contributed by atoms with Crippen molar-refractivity contribution in [3.63, 3.8) is 0 Å². The molecule has 146 valence electrons. The lowest BCUT2D eigenvalue weighted by atomic mass is 10.1. The quantitative estimate of drug-likeness (QED) is 0.721. The van der Waals surface area contributed by atoms with Crippen LogP contribution in [-0.2, 0) is 11.2 Å². The van der Waals surface area contributed by atoms with Gasteiger partial charge in [0.15, 0.2) is 6.79 Å². The largest absolute Gasteiger partial charge is 0.467 e. The Bertz CT molecular complexity index is 965. The summed E-state index contributed by atoms with van der Waals surface area (Å²) >= 11 is 6.09. The first-order chi connectivity index (χ1) is 13.8. The van der Waals surface area contributed by atoms with E-state index in [4.69, 9.17) is 21.1 Å². The van der Waals surface area contributed by atoms with Gasteiger partial charge in [0.1, 0.15) is 12.0 Å². The van der Waals surface area contributed by atoms with Crippen LogP contribution in [0.1, 0.15) is 17.4 Å². The molecule has 0 spiro atoms. The van der Waals surface area contributed by atoms with Crippen LogP contribution >= 0.6 is 11.6 Å². The normalized spacial score (nSPS) is 20.8. The first-order valence-corrected chi connectivity index (χ1v) is 10.2. The van der Waals surface area contributed by atoms with Gasteiger partial charge in [-0.3, -0.25) is 4.90 Å². The Kier molecular flexibility index (Phi) is 4.99. The van der Waals surface area contributed by atoms with Crippen molar-refractivity contribution >= 4 is 22.5 Å². The highest BCUT2D eigenvalue weighted by atomic mass is 35.5. The number of H-pyrrole nitrogens is 1. The summed E-state index contributed by atoms with van der Waals surface area (Å²) in [4.78, 5) is 8.30. The Labute approximate surface area is 169 Å². The molecule has 0 bridgehead atoms. The molecule has 2 aliphatic rings. The number of fused-ring (bicyclic) bond motifs is 2. The van der Waals surface area contributed by atoms with E-state index in [0.29, 0.717) is 6.79 Å². The lowest BCUT2D eigenvalue weighted by Gasteiger charge is -2.40. The molecule has 5 rings (SSSR count). The molecule has 1 aromatic heterocycles. The number of aromatic nitrogens is 1. The molecule has 1 unspecified atom stereocenters. The van der Waals surface area contributed by atoms with Crippen LogP contribution in [0.25, 0.3) is 10.9 Å². The monoisotopic (exact) mass is 397 g/mol. The van der Waals surface area contributed by atoms with Crippen LogP contribution in [0.3, 0.4) is 0 Å². The van der Waals surface area contributed by atoms with Gasteiger partial charge in [-0.05, 0) is 30.2 Å². The number of hydrogen-bond acceptors (Lipinski definition) is 4. The standard InChI is InChI=1S/C22H24ClN3O2/c23-17-5-6-18-16(14-24-20(18)13-17)7-8-25-9-11-26(12-10-25)22-19-3-1-2-4-21(19)27-15-28-22/h1-6,13-14,22,24H,7-12,15H2. The maximum Gasteiger partial charge on any atom is 0.191 e. The third-order valence-electron chi connectivity index (χ3n) is 5.79. The van der Waals surface area contributed by atoms with Gasteiger partial charge in [0.2, 0.25) is 0 Å². The fourth-order valence-corrected chi connectivity index (χ4v) is 4.41. The minimum absolute atomic E-state index is 0.00506. The summed E-state index contributed by atoms with van der Waals surface area (Å²) in [6.07, 6.45) is 3.16. The van der Waals surface area contributed by atoms with Crippen molar-refractivity contribution in [2.24, 2.45) is 0 Å². The minimum Gasteiger partial charge on any atom is -0.467 e. The summed E-state index contributed by atoms with van der Waals surface area (Å²) in [5.41, 5.74) is 3.61. The van der Waals surface area contributed by atoms with Crippen molar-refractivity contribution in [2.75, 3.05) is 39.5 Å². The molecule has 0 aliphatic carbocycles. The maximum atomic E-state index is 6.09. The second-order valence-electron chi connectivity index (χ2n) is 7.45. The van der Waals surface area contributed by atoms with Crippen molar-refractivity contribution in [2.45, 2.75) is 12.6 Å². The Hall–Kier alpha value is -2.05. The number of piperazine rings is 1. The zero-order valence-corrected chi connectivity index (χ0v) is 16.5. The number of benzene rings is 2. The van der Waals surface area contributed by atoms with Gasteiger partial charge in [0.25, 0.3) is 0 Å². The van der Waals surface area contributed by atoms with Crippen molar-refractivity contribution in [3.8, 4) is 5.75 Å². The third kappa shape index (κ3) is 3.51. The van der Waals surface area contributed by atoms with E-state index in [-0.39, 0.29) is 6.23 Å². The summed E-state index contributed by atoms with van der Waals surface area (Å²) < 4.78 is 11.5. The molecule has 1 saturated heterocycles. The molecule has 1 atom stereocenters. The Morgan fingerprint density at radius 2 is 1.93 bits per heavy atom. The molecule has 0 amide bonds. The molecule has 0 radical (unpaired) electrons. The van der Waals surface area contributed by atoms with E-state index in [1.54, 1.807) is 0 Å². The molecule has 1 N–H and O–H groups in total. The van der Waals surface area contributed by atoms with E-state index in [1.165, 1.54) is 10.9 Å². The Balaban J connectivity index is 1.19. The van der Waals surface area contributed by atoms with Crippen LogP contribution in [0.5, 0.6) is 5.75 Å². The average molecular weight is 398 g/mol. The number of halogens is 1. The van der Waals surface area contributed by atoms with Gasteiger partial charge in [-0.15, -0.1) is 0 Å². The van der Waals surface area contributed by atoms with E-state index in [0.717, 1.165) is 61.0 Å². The highest BCUT2D eigenvalue weighted by Gasteiger charge is 2.30. The molecule has 28 heavy (non-hydrogen) atoms. The fourth-order valence-electron chi connectivity index (χ4n) is 4.24. The van der Waals surface area contributed by atoms with Gasteiger partial charge in [-0.1, -0.05) is 35.9 Å². The Morgan fingerprint density at radius 1 is 1.07 bits per heavy atom. The summed E-state index contributed by atoms with van der Waals surface area (Å²) in [5.74, 6) is 0.945. The molecular formula is C22H24ClN3O2. The lowest BCUT2D eigenvalue weighted by molar-refractivity contribution is -0.140. The smallest absolute Gasteiger partial charge is 0.191 e.